The number of aromatic nitrogens is 2. The number of alkyl halides is 1. The van der Waals surface area contributed by atoms with Crippen LogP contribution in [0.5, 0.6) is 0 Å². The second-order valence-corrected chi connectivity index (χ2v) is 6.05. The van der Waals surface area contributed by atoms with Crippen LogP contribution in [0, 0.1) is 6.92 Å². The normalized spacial score (nSPS) is 19.2. The van der Waals surface area contributed by atoms with Crippen LogP contribution in [0.4, 0.5) is 4.39 Å². The molecule has 0 aliphatic carbocycles. The topological polar surface area (TPSA) is 52.2 Å². The van der Waals surface area contributed by atoms with Gasteiger partial charge in [0.05, 0.1) is 17.8 Å². The second kappa shape index (κ2) is 6.12. The van der Waals surface area contributed by atoms with E-state index in [0.29, 0.717) is 12.5 Å². The van der Waals surface area contributed by atoms with Crippen LogP contribution in [0.25, 0.3) is 10.9 Å². The van der Waals surface area contributed by atoms with E-state index in [1.165, 1.54) is 11.1 Å². The Morgan fingerprint density at radius 3 is 2.90 bits per heavy atom. The number of piperidine rings is 1. The monoisotopic (exact) mass is 291 g/mol. The van der Waals surface area contributed by atoms with Crippen LogP contribution in [-0.2, 0) is 0 Å². The van der Waals surface area contributed by atoms with Crippen LogP contribution < -0.4 is 0 Å². The van der Waals surface area contributed by atoms with Crippen molar-refractivity contribution in [2.45, 2.75) is 31.8 Å². The zero-order valence-electron chi connectivity index (χ0n) is 12.3. The Morgan fingerprint density at radius 1 is 1.43 bits per heavy atom. The van der Waals surface area contributed by atoms with E-state index in [1.807, 2.05) is 6.20 Å². The van der Waals surface area contributed by atoms with Crippen molar-refractivity contribution in [1.29, 1.82) is 0 Å². The summed E-state index contributed by atoms with van der Waals surface area (Å²) in [6.07, 6.45) is 3.12. The van der Waals surface area contributed by atoms with E-state index < -0.39 is 12.8 Å². The number of aromatic amines is 1. The lowest BCUT2D eigenvalue weighted by Gasteiger charge is -2.33. The van der Waals surface area contributed by atoms with Crippen molar-refractivity contribution in [3.8, 4) is 0 Å². The number of halogens is 1. The molecule has 1 fully saturated rings. The van der Waals surface area contributed by atoms with Crippen LogP contribution in [0.3, 0.4) is 0 Å². The van der Waals surface area contributed by atoms with Gasteiger partial charge in [0.15, 0.2) is 0 Å². The third kappa shape index (κ3) is 3.09. The van der Waals surface area contributed by atoms with Crippen LogP contribution in [0.2, 0.25) is 0 Å². The summed E-state index contributed by atoms with van der Waals surface area (Å²) in [6.45, 7) is 3.78. The standard InChI is InChI=1S/C16H22FN3O/c1-11-6-13-9-18-19-16(13)7-15(11)12-2-4-20(5-3-12)10-14(21)8-17/h6-7,9,12,14,21H,2-5,8,10H2,1H3,(H,18,19). The first-order valence-corrected chi connectivity index (χ1v) is 7.57. The molecule has 114 valence electrons. The molecule has 5 heteroatoms. The number of β-amino-alcohol motifs (C(OH)–C–C–N with tert-alkyl or cyclic N) is 1. The molecule has 2 aromatic rings. The highest BCUT2D eigenvalue weighted by Gasteiger charge is 2.23. The molecule has 1 aliphatic rings. The maximum atomic E-state index is 12.4. The average Bonchev–Trinajstić information content (AvgIpc) is 2.94. The number of rotatable bonds is 4. The first kappa shape index (κ1) is 14.5. The summed E-state index contributed by atoms with van der Waals surface area (Å²) in [5, 5.41) is 17.7. The Labute approximate surface area is 124 Å². The van der Waals surface area contributed by atoms with Gasteiger partial charge in [-0.25, -0.2) is 4.39 Å². The molecule has 0 radical (unpaired) electrons. The molecule has 0 bridgehead atoms. The van der Waals surface area contributed by atoms with Gasteiger partial charge in [-0.1, -0.05) is 0 Å². The van der Waals surface area contributed by atoms with E-state index in [4.69, 9.17) is 0 Å². The van der Waals surface area contributed by atoms with Gasteiger partial charge in [-0.15, -0.1) is 0 Å². The Morgan fingerprint density at radius 2 is 2.19 bits per heavy atom. The fourth-order valence-electron chi connectivity index (χ4n) is 3.34. The molecule has 0 amide bonds. The van der Waals surface area contributed by atoms with Crippen LogP contribution in [-0.4, -0.2) is 52.6 Å². The third-order valence-electron chi connectivity index (χ3n) is 4.50. The summed E-state index contributed by atoms with van der Waals surface area (Å²) in [7, 11) is 0. The Hall–Kier alpha value is -1.46. The average molecular weight is 291 g/mol. The Kier molecular flexibility index (Phi) is 4.22. The van der Waals surface area contributed by atoms with Gasteiger partial charge in [0.1, 0.15) is 6.67 Å². The van der Waals surface area contributed by atoms with Gasteiger partial charge in [-0.05, 0) is 62.0 Å². The minimum atomic E-state index is -0.843. The number of aliphatic hydroxyl groups is 1. The first-order chi connectivity index (χ1) is 10.2. The third-order valence-corrected chi connectivity index (χ3v) is 4.50. The maximum absolute atomic E-state index is 12.4. The lowest BCUT2D eigenvalue weighted by atomic mass is 9.86. The van der Waals surface area contributed by atoms with Gasteiger partial charge >= 0.3 is 0 Å². The minimum absolute atomic E-state index is 0.446. The van der Waals surface area contributed by atoms with Gasteiger partial charge in [0.25, 0.3) is 0 Å². The highest BCUT2D eigenvalue weighted by Crippen LogP contribution is 2.32. The Balaban J connectivity index is 1.69. The number of nitrogens with one attached hydrogen (secondary N) is 1. The lowest BCUT2D eigenvalue weighted by Crippen LogP contribution is -2.39. The number of benzene rings is 1. The van der Waals surface area contributed by atoms with Gasteiger partial charge in [-0.2, -0.15) is 5.10 Å². The number of fused-ring (bicyclic) bond motifs is 1. The molecule has 3 rings (SSSR count). The molecule has 2 heterocycles. The van der Waals surface area contributed by atoms with Gasteiger partial charge in [0, 0.05) is 11.9 Å². The van der Waals surface area contributed by atoms with E-state index in [1.54, 1.807) is 0 Å². The Bertz CT molecular complexity index is 605. The summed E-state index contributed by atoms with van der Waals surface area (Å²) in [6, 6.07) is 4.40. The molecule has 1 aliphatic heterocycles. The molecular formula is C16H22FN3O. The van der Waals surface area contributed by atoms with Crippen molar-refractivity contribution < 1.29 is 9.50 Å². The number of likely N-dealkylation sites (tertiary alicyclic amines) is 1. The number of hydrogen-bond donors (Lipinski definition) is 2. The van der Waals surface area contributed by atoms with Crippen molar-refractivity contribution >= 4 is 10.9 Å². The molecule has 1 aromatic carbocycles. The number of nitrogens with zero attached hydrogens (tertiary/aromatic N) is 2. The van der Waals surface area contributed by atoms with E-state index in [-0.39, 0.29) is 0 Å². The summed E-state index contributed by atoms with van der Waals surface area (Å²) in [4.78, 5) is 2.16. The summed E-state index contributed by atoms with van der Waals surface area (Å²) >= 11 is 0. The summed E-state index contributed by atoms with van der Waals surface area (Å²) in [5.74, 6) is 0.538. The zero-order chi connectivity index (χ0) is 14.8. The fourth-order valence-corrected chi connectivity index (χ4v) is 3.34. The molecule has 0 saturated carbocycles. The predicted molar refractivity (Wildman–Crippen MR) is 81.2 cm³/mol. The molecule has 0 spiro atoms. The highest BCUT2D eigenvalue weighted by molar-refractivity contribution is 5.79. The maximum Gasteiger partial charge on any atom is 0.117 e. The van der Waals surface area contributed by atoms with Crippen LogP contribution in [0.15, 0.2) is 18.3 Å². The molecule has 21 heavy (non-hydrogen) atoms. The molecule has 2 N–H and O–H groups in total. The predicted octanol–water partition coefficient (Wildman–Crippen LogP) is 2.38. The van der Waals surface area contributed by atoms with Gasteiger partial charge in [-0.3, -0.25) is 5.10 Å². The minimum Gasteiger partial charge on any atom is -0.389 e. The van der Waals surface area contributed by atoms with E-state index >= 15 is 0 Å². The first-order valence-electron chi connectivity index (χ1n) is 7.57. The van der Waals surface area contributed by atoms with E-state index in [0.717, 1.165) is 36.8 Å². The SMILES string of the molecule is Cc1cc2cn[nH]c2cc1C1CCN(CC(O)CF)CC1. The molecule has 1 atom stereocenters. The molecule has 4 nitrogen and oxygen atoms in total. The zero-order valence-corrected chi connectivity index (χ0v) is 12.3. The molecular weight excluding hydrogens is 269 g/mol. The van der Waals surface area contributed by atoms with E-state index in [2.05, 4.69) is 34.2 Å². The molecule has 1 aromatic heterocycles. The summed E-state index contributed by atoms with van der Waals surface area (Å²) in [5.41, 5.74) is 3.79. The number of hydrogen-bond acceptors (Lipinski definition) is 3. The largest absolute Gasteiger partial charge is 0.389 e. The smallest absolute Gasteiger partial charge is 0.117 e. The van der Waals surface area contributed by atoms with Crippen molar-refractivity contribution in [1.82, 2.24) is 15.1 Å². The quantitative estimate of drug-likeness (QED) is 0.909. The van der Waals surface area contributed by atoms with Gasteiger partial charge < -0.3 is 10.0 Å². The number of H-pyrrole nitrogens is 1. The summed E-state index contributed by atoms with van der Waals surface area (Å²) < 4.78 is 12.4. The molecule has 1 unspecified atom stereocenters. The second-order valence-electron chi connectivity index (χ2n) is 6.05. The van der Waals surface area contributed by atoms with Crippen molar-refractivity contribution in [3.05, 3.63) is 29.5 Å². The van der Waals surface area contributed by atoms with Crippen molar-refractivity contribution in [3.63, 3.8) is 0 Å². The number of aliphatic hydroxyl groups excluding tert-OH is 1. The fraction of sp³-hybridized carbons (Fsp3) is 0.562. The molecule has 1 saturated heterocycles. The lowest BCUT2D eigenvalue weighted by molar-refractivity contribution is 0.0780. The van der Waals surface area contributed by atoms with Gasteiger partial charge in [0.2, 0.25) is 0 Å². The van der Waals surface area contributed by atoms with Crippen LogP contribution >= 0.6 is 0 Å². The highest BCUT2D eigenvalue weighted by atomic mass is 19.1. The van der Waals surface area contributed by atoms with Crippen molar-refractivity contribution in [2.75, 3.05) is 26.3 Å². The number of aryl methyl sites for hydroxylation is 1. The van der Waals surface area contributed by atoms with Crippen LogP contribution in [0.1, 0.15) is 29.9 Å². The van der Waals surface area contributed by atoms with Crippen molar-refractivity contribution in [2.24, 2.45) is 0 Å². The van der Waals surface area contributed by atoms with E-state index in [9.17, 15) is 9.50 Å².